The van der Waals surface area contributed by atoms with Crippen molar-refractivity contribution in [2.75, 3.05) is 7.05 Å². The average Bonchev–Trinajstić information content (AvgIpc) is 2.09. The molecule has 0 bridgehead atoms. The highest BCUT2D eigenvalue weighted by atomic mass is 16.5. The first kappa shape index (κ1) is 9.36. The minimum Gasteiger partial charge on any atom is -0.462 e. The molecule has 0 aliphatic heterocycles. The normalized spacial score (nSPS) is 31.7. The molecule has 0 aromatic carbocycles. The monoisotopic (exact) mass is 170 g/mol. The summed E-state index contributed by atoms with van der Waals surface area (Å²) in [4.78, 5) is 3.79. The molecule has 2 N–H and O–H groups in total. The van der Waals surface area contributed by atoms with Gasteiger partial charge >= 0.3 is 0 Å². The van der Waals surface area contributed by atoms with Crippen LogP contribution in [0.4, 0.5) is 0 Å². The lowest BCUT2D eigenvalue weighted by Gasteiger charge is -2.28. The summed E-state index contributed by atoms with van der Waals surface area (Å²) in [5.74, 6) is 0.624. The fourth-order valence-electron chi connectivity index (χ4n) is 1.67. The Morgan fingerprint density at radius 2 is 2.08 bits per heavy atom. The molecule has 0 spiro atoms. The lowest BCUT2D eigenvalue weighted by atomic mass is 9.88. The van der Waals surface area contributed by atoms with Gasteiger partial charge in [0, 0.05) is 7.05 Å². The van der Waals surface area contributed by atoms with E-state index in [1.807, 2.05) is 0 Å². The highest BCUT2D eigenvalue weighted by Crippen LogP contribution is 2.25. The highest BCUT2D eigenvalue weighted by molar-refractivity contribution is 5.71. The number of nitrogens with zero attached hydrogens (tertiary/aromatic N) is 1. The number of hydrogen-bond acceptors (Lipinski definition) is 2. The highest BCUT2D eigenvalue weighted by Gasteiger charge is 2.22. The maximum Gasteiger partial charge on any atom is 0.281 e. The van der Waals surface area contributed by atoms with Gasteiger partial charge in [-0.1, -0.05) is 13.3 Å². The van der Waals surface area contributed by atoms with Crippen molar-refractivity contribution < 1.29 is 4.74 Å². The Balaban J connectivity index is 2.39. The van der Waals surface area contributed by atoms with Gasteiger partial charge < -0.3 is 10.5 Å². The van der Waals surface area contributed by atoms with Crippen LogP contribution in [0.15, 0.2) is 4.99 Å². The zero-order chi connectivity index (χ0) is 8.97. The molecule has 1 aliphatic rings. The maximum atomic E-state index is 5.49. The summed E-state index contributed by atoms with van der Waals surface area (Å²) >= 11 is 0. The van der Waals surface area contributed by atoms with Crippen molar-refractivity contribution in [2.45, 2.75) is 38.7 Å². The molecule has 0 amide bonds. The Morgan fingerprint density at radius 1 is 1.42 bits per heavy atom. The fourth-order valence-corrected chi connectivity index (χ4v) is 1.67. The molecule has 1 aliphatic carbocycles. The summed E-state index contributed by atoms with van der Waals surface area (Å²) < 4.78 is 5.48. The molecule has 0 aromatic heterocycles. The van der Waals surface area contributed by atoms with Crippen molar-refractivity contribution in [1.82, 2.24) is 0 Å². The van der Waals surface area contributed by atoms with Crippen LogP contribution in [0.3, 0.4) is 0 Å². The van der Waals surface area contributed by atoms with E-state index in [-0.39, 0.29) is 0 Å². The first-order valence-electron chi connectivity index (χ1n) is 4.63. The van der Waals surface area contributed by atoms with Gasteiger partial charge in [0.05, 0.1) is 0 Å². The summed E-state index contributed by atoms with van der Waals surface area (Å²) in [6.07, 6.45) is 5.25. The van der Waals surface area contributed by atoms with Gasteiger partial charge in [-0.05, 0) is 25.2 Å². The second-order valence-corrected chi connectivity index (χ2v) is 3.48. The van der Waals surface area contributed by atoms with Crippen molar-refractivity contribution in [2.24, 2.45) is 16.6 Å². The number of nitrogens with two attached hydrogens (primary N) is 1. The molecule has 3 nitrogen and oxygen atoms in total. The first-order chi connectivity index (χ1) is 5.74. The van der Waals surface area contributed by atoms with E-state index in [9.17, 15) is 0 Å². The van der Waals surface area contributed by atoms with Crippen LogP contribution in [0.25, 0.3) is 0 Å². The quantitative estimate of drug-likeness (QED) is 0.479. The molecule has 2 atom stereocenters. The van der Waals surface area contributed by atoms with Crippen LogP contribution in [-0.2, 0) is 4.74 Å². The zero-order valence-corrected chi connectivity index (χ0v) is 7.92. The number of aliphatic imine (C=N–C) groups is 1. The van der Waals surface area contributed by atoms with Gasteiger partial charge in [0.2, 0.25) is 0 Å². The third kappa shape index (κ3) is 2.40. The molecule has 0 heterocycles. The van der Waals surface area contributed by atoms with Crippen molar-refractivity contribution in [3.63, 3.8) is 0 Å². The van der Waals surface area contributed by atoms with Crippen molar-refractivity contribution in [3.05, 3.63) is 0 Å². The van der Waals surface area contributed by atoms with Crippen LogP contribution in [0.1, 0.15) is 32.6 Å². The van der Waals surface area contributed by atoms with Gasteiger partial charge in [-0.3, -0.25) is 0 Å². The summed E-state index contributed by atoms with van der Waals surface area (Å²) in [6.45, 7) is 2.22. The first-order valence-corrected chi connectivity index (χ1v) is 4.63. The van der Waals surface area contributed by atoms with Crippen LogP contribution in [0.5, 0.6) is 0 Å². The lowest BCUT2D eigenvalue weighted by Crippen LogP contribution is -2.31. The van der Waals surface area contributed by atoms with E-state index < -0.39 is 0 Å². The molecule has 0 aromatic rings. The molecule has 1 fully saturated rings. The topological polar surface area (TPSA) is 47.6 Å². The zero-order valence-electron chi connectivity index (χ0n) is 7.92. The summed E-state index contributed by atoms with van der Waals surface area (Å²) in [5, 5.41) is 0. The van der Waals surface area contributed by atoms with Crippen LogP contribution < -0.4 is 5.73 Å². The molecule has 2 unspecified atom stereocenters. The maximum absolute atomic E-state index is 5.49. The molecule has 0 radical (unpaired) electrons. The van der Waals surface area contributed by atoms with E-state index in [2.05, 4.69) is 11.9 Å². The second kappa shape index (κ2) is 4.33. The smallest absolute Gasteiger partial charge is 0.281 e. The average molecular weight is 170 g/mol. The predicted molar refractivity (Wildman–Crippen MR) is 50.1 cm³/mol. The van der Waals surface area contributed by atoms with Gasteiger partial charge in [0.1, 0.15) is 6.10 Å². The summed E-state index contributed by atoms with van der Waals surface area (Å²) in [6, 6.07) is 0.328. The standard InChI is InChI=1S/C9H18N2O/c1-7-5-3-4-6-8(7)12-9(10)11-2/h7-8H,3-6H2,1-2H3,(H2,10,11). The number of rotatable bonds is 1. The molecule has 0 saturated heterocycles. The van der Waals surface area contributed by atoms with Crippen LogP contribution in [-0.4, -0.2) is 19.2 Å². The largest absolute Gasteiger partial charge is 0.462 e. The Hall–Kier alpha value is -0.730. The van der Waals surface area contributed by atoms with Crippen molar-refractivity contribution in [3.8, 4) is 0 Å². The number of amidine groups is 1. The SMILES string of the molecule is CN=C(N)OC1CCCCC1C. The molecular weight excluding hydrogens is 152 g/mol. The van der Waals surface area contributed by atoms with Crippen LogP contribution >= 0.6 is 0 Å². The van der Waals surface area contributed by atoms with Gasteiger partial charge in [0.15, 0.2) is 0 Å². The van der Waals surface area contributed by atoms with Crippen LogP contribution in [0.2, 0.25) is 0 Å². The predicted octanol–water partition coefficient (Wildman–Crippen LogP) is 1.53. The molecule has 1 rings (SSSR count). The minimum atomic E-state index is 0.294. The third-order valence-corrected chi connectivity index (χ3v) is 2.53. The van der Waals surface area contributed by atoms with E-state index >= 15 is 0 Å². The van der Waals surface area contributed by atoms with E-state index in [0.29, 0.717) is 18.0 Å². The van der Waals surface area contributed by atoms with E-state index in [4.69, 9.17) is 10.5 Å². The van der Waals surface area contributed by atoms with Gasteiger partial charge in [-0.2, -0.15) is 0 Å². The Bertz CT molecular complexity index is 168. The summed E-state index contributed by atoms with van der Waals surface area (Å²) in [5.41, 5.74) is 5.49. The number of ether oxygens (including phenoxy) is 1. The molecule has 1 saturated carbocycles. The molecular formula is C9H18N2O. The van der Waals surface area contributed by atoms with Crippen molar-refractivity contribution in [1.29, 1.82) is 0 Å². The van der Waals surface area contributed by atoms with E-state index in [1.165, 1.54) is 19.3 Å². The number of hydrogen-bond donors (Lipinski definition) is 1. The van der Waals surface area contributed by atoms with E-state index in [0.717, 1.165) is 6.42 Å². The van der Waals surface area contributed by atoms with Gasteiger partial charge in [0.25, 0.3) is 6.02 Å². The third-order valence-electron chi connectivity index (χ3n) is 2.53. The Labute approximate surface area is 74.0 Å². The Kier molecular flexibility index (Phi) is 3.38. The van der Waals surface area contributed by atoms with Crippen LogP contribution in [0, 0.1) is 5.92 Å². The molecule has 70 valence electrons. The molecule has 3 heteroatoms. The molecule has 12 heavy (non-hydrogen) atoms. The van der Waals surface area contributed by atoms with E-state index in [1.54, 1.807) is 7.05 Å². The lowest BCUT2D eigenvalue weighted by molar-refractivity contribution is 0.0893. The van der Waals surface area contributed by atoms with Gasteiger partial charge in [-0.15, -0.1) is 0 Å². The summed E-state index contributed by atoms with van der Waals surface area (Å²) in [7, 11) is 1.66. The second-order valence-electron chi connectivity index (χ2n) is 3.48. The Morgan fingerprint density at radius 3 is 2.67 bits per heavy atom. The van der Waals surface area contributed by atoms with Gasteiger partial charge in [-0.25, -0.2) is 4.99 Å². The minimum absolute atomic E-state index is 0.294. The fraction of sp³-hybridized carbons (Fsp3) is 0.889. The van der Waals surface area contributed by atoms with Crippen molar-refractivity contribution >= 4 is 6.02 Å².